The van der Waals surface area contributed by atoms with E-state index in [1.54, 1.807) is 48.5 Å². The fraction of sp³-hybridized carbons (Fsp3) is 0.294. The van der Waals surface area contributed by atoms with Crippen molar-refractivity contribution >= 4 is 40.6 Å². The molecular weight excluding hydrogens is 333 g/mol. The summed E-state index contributed by atoms with van der Waals surface area (Å²) in [6.45, 7) is 2.85. The molecule has 2 aromatic rings. The van der Waals surface area contributed by atoms with E-state index in [1.165, 1.54) is 0 Å². The molecule has 122 valence electrons. The predicted molar refractivity (Wildman–Crippen MR) is 95.9 cm³/mol. The van der Waals surface area contributed by atoms with E-state index in [4.69, 9.17) is 23.2 Å². The molecule has 2 rings (SSSR count). The molecule has 0 aliphatic carbocycles. The molecule has 0 fully saturated rings. The van der Waals surface area contributed by atoms with Gasteiger partial charge in [-0.1, -0.05) is 36.5 Å². The van der Waals surface area contributed by atoms with Crippen LogP contribution in [0.5, 0.6) is 0 Å². The Morgan fingerprint density at radius 3 is 2.65 bits per heavy atom. The van der Waals surface area contributed by atoms with Crippen LogP contribution in [0.4, 0.5) is 11.5 Å². The summed E-state index contributed by atoms with van der Waals surface area (Å²) in [5, 5.41) is 4.19. The predicted octanol–water partition coefficient (Wildman–Crippen LogP) is 5.00. The Hall–Kier alpha value is -1.78. The van der Waals surface area contributed by atoms with Crippen LogP contribution in [0.25, 0.3) is 0 Å². The number of carbonyl (C=O) groups excluding carboxylic acids is 1. The SMILES string of the molecule is CCCCN(C)C(=O)c1ccc(Nc2ccc(Cl)cc2Cl)nc1. The smallest absolute Gasteiger partial charge is 0.255 e. The third kappa shape index (κ3) is 4.85. The van der Waals surface area contributed by atoms with Crippen LogP contribution in [0.3, 0.4) is 0 Å². The van der Waals surface area contributed by atoms with Crippen LogP contribution in [0.2, 0.25) is 10.0 Å². The molecule has 4 nitrogen and oxygen atoms in total. The van der Waals surface area contributed by atoms with Crippen molar-refractivity contribution in [2.75, 3.05) is 18.9 Å². The lowest BCUT2D eigenvalue weighted by molar-refractivity contribution is 0.0793. The fourth-order valence-corrected chi connectivity index (χ4v) is 2.50. The normalized spacial score (nSPS) is 10.4. The highest BCUT2D eigenvalue weighted by atomic mass is 35.5. The number of aromatic nitrogens is 1. The molecule has 0 bridgehead atoms. The van der Waals surface area contributed by atoms with Crippen LogP contribution < -0.4 is 5.32 Å². The Morgan fingerprint density at radius 1 is 1.26 bits per heavy atom. The van der Waals surface area contributed by atoms with E-state index in [2.05, 4.69) is 17.2 Å². The highest BCUT2D eigenvalue weighted by Gasteiger charge is 2.11. The lowest BCUT2D eigenvalue weighted by Gasteiger charge is -2.16. The van der Waals surface area contributed by atoms with Crippen molar-refractivity contribution in [1.82, 2.24) is 9.88 Å². The standard InChI is InChI=1S/C17H19Cl2N3O/c1-3-4-9-22(2)17(23)12-5-8-16(20-11-12)21-15-7-6-13(18)10-14(15)19/h5-8,10-11H,3-4,9H2,1-2H3,(H,20,21). The molecule has 0 atom stereocenters. The highest BCUT2D eigenvalue weighted by Crippen LogP contribution is 2.27. The van der Waals surface area contributed by atoms with Gasteiger partial charge in [0.05, 0.1) is 16.3 Å². The second-order valence-corrected chi connectivity index (χ2v) is 6.11. The summed E-state index contributed by atoms with van der Waals surface area (Å²) < 4.78 is 0. The first kappa shape index (κ1) is 17.6. The second-order valence-electron chi connectivity index (χ2n) is 5.26. The van der Waals surface area contributed by atoms with Gasteiger partial charge in [-0.2, -0.15) is 0 Å². The molecule has 1 aromatic carbocycles. The molecular formula is C17H19Cl2N3O. The van der Waals surface area contributed by atoms with Crippen LogP contribution in [0, 0.1) is 0 Å². The lowest BCUT2D eigenvalue weighted by atomic mass is 10.2. The molecule has 0 spiro atoms. The fourth-order valence-electron chi connectivity index (χ4n) is 2.04. The molecule has 0 aliphatic rings. The molecule has 0 unspecified atom stereocenters. The van der Waals surface area contributed by atoms with E-state index in [-0.39, 0.29) is 5.91 Å². The molecule has 1 heterocycles. The molecule has 0 saturated heterocycles. The maximum Gasteiger partial charge on any atom is 0.255 e. The van der Waals surface area contributed by atoms with Gasteiger partial charge in [-0.3, -0.25) is 4.79 Å². The highest BCUT2D eigenvalue weighted by molar-refractivity contribution is 6.36. The number of nitrogens with one attached hydrogen (secondary N) is 1. The number of pyridine rings is 1. The van der Waals surface area contributed by atoms with Crippen molar-refractivity contribution in [1.29, 1.82) is 0 Å². The number of carbonyl (C=O) groups is 1. The van der Waals surface area contributed by atoms with Crippen molar-refractivity contribution in [3.8, 4) is 0 Å². The first-order valence-electron chi connectivity index (χ1n) is 7.45. The topological polar surface area (TPSA) is 45.2 Å². The van der Waals surface area contributed by atoms with Gasteiger partial charge in [-0.25, -0.2) is 4.98 Å². The molecule has 1 N–H and O–H groups in total. The van der Waals surface area contributed by atoms with Crippen molar-refractivity contribution in [3.05, 3.63) is 52.1 Å². The Bertz CT molecular complexity index is 674. The van der Waals surface area contributed by atoms with E-state index >= 15 is 0 Å². The summed E-state index contributed by atoms with van der Waals surface area (Å²) in [5.74, 6) is 0.587. The molecule has 0 aliphatic heterocycles. The van der Waals surface area contributed by atoms with E-state index in [0.717, 1.165) is 19.4 Å². The average molecular weight is 352 g/mol. The van der Waals surface area contributed by atoms with E-state index < -0.39 is 0 Å². The van der Waals surface area contributed by atoms with Crippen molar-refractivity contribution in [2.24, 2.45) is 0 Å². The monoisotopic (exact) mass is 351 g/mol. The summed E-state index contributed by atoms with van der Waals surface area (Å²) in [7, 11) is 1.80. The quantitative estimate of drug-likeness (QED) is 0.795. The number of rotatable bonds is 6. The third-order valence-electron chi connectivity index (χ3n) is 3.40. The first-order valence-corrected chi connectivity index (χ1v) is 8.20. The summed E-state index contributed by atoms with van der Waals surface area (Å²) >= 11 is 12.0. The van der Waals surface area contributed by atoms with Crippen LogP contribution in [0.15, 0.2) is 36.5 Å². The molecule has 6 heteroatoms. The van der Waals surface area contributed by atoms with Gasteiger partial charge >= 0.3 is 0 Å². The summed E-state index contributed by atoms with van der Waals surface area (Å²) in [5.41, 5.74) is 1.28. The van der Waals surface area contributed by atoms with Crippen LogP contribution >= 0.6 is 23.2 Å². The molecule has 0 saturated carbocycles. The molecule has 23 heavy (non-hydrogen) atoms. The molecule has 1 amide bonds. The van der Waals surface area contributed by atoms with E-state index in [9.17, 15) is 4.79 Å². The molecule has 1 aromatic heterocycles. The van der Waals surface area contributed by atoms with Gasteiger partial charge in [0.15, 0.2) is 0 Å². The minimum Gasteiger partial charge on any atom is -0.342 e. The number of anilines is 2. The maximum absolute atomic E-state index is 12.2. The zero-order valence-electron chi connectivity index (χ0n) is 13.1. The summed E-state index contributed by atoms with van der Waals surface area (Å²) in [6.07, 6.45) is 3.61. The van der Waals surface area contributed by atoms with Gasteiger partial charge in [-0.15, -0.1) is 0 Å². The molecule has 0 radical (unpaired) electrons. The van der Waals surface area contributed by atoms with Gasteiger partial charge in [-0.05, 0) is 36.8 Å². The minimum absolute atomic E-state index is 0.0259. The van der Waals surface area contributed by atoms with Gasteiger partial charge in [0, 0.05) is 24.8 Å². The summed E-state index contributed by atoms with van der Waals surface area (Å²) in [6, 6.07) is 8.70. The minimum atomic E-state index is -0.0259. The lowest BCUT2D eigenvalue weighted by Crippen LogP contribution is -2.27. The van der Waals surface area contributed by atoms with Crippen LogP contribution in [-0.2, 0) is 0 Å². The Kier molecular flexibility index (Phi) is 6.25. The third-order valence-corrected chi connectivity index (χ3v) is 3.95. The Morgan fingerprint density at radius 2 is 2.04 bits per heavy atom. The number of amides is 1. The zero-order chi connectivity index (χ0) is 16.8. The maximum atomic E-state index is 12.2. The number of hydrogen-bond donors (Lipinski definition) is 1. The second kappa shape index (κ2) is 8.18. The van der Waals surface area contributed by atoms with Crippen LogP contribution in [0.1, 0.15) is 30.1 Å². The number of benzene rings is 1. The van der Waals surface area contributed by atoms with E-state index in [0.29, 0.717) is 27.1 Å². The Labute approximate surface area is 146 Å². The van der Waals surface area contributed by atoms with Gasteiger partial charge in [0.2, 0.25) is 0 Å². The summed E-state index contributed by atoms with van der Waals surface area (Å²) in [4.78, 5) is 18.2. The van der Waals surface area contributed by atoms with Gasteiger partial charge in [0.1, 0.15) is 5.82 Å². The van der Waals surface area contributed by atoms with Crippen LogP contribution in [-0.4, -0.2) is 29.4 Å². The number of hydrogen-bond acceptors (Lipinski definition) is 3. The van der Waals surface area contributed by atoms with Gasteiger partial charge in [0.25, 0.3) is 5.91 Å². The van der Waals surface area contributed by atoms with Crippen molar-refractivity contribution < 1.29 is 4.79 Å². The Balaban J connectivity index is 2.05. The van der Waals surface area contributed by atoms with E-state index in [1.807, 2.05) is 0 Å². The average Bonchev–Trinajstić information content (AvgIpc) is 2.55. The number of halogens is 2. The van der Waals surface area contributed by atoms with Crippen molar-refractivity contribution in [3.63, 3.8) is 0 Å². The zero-order valence-corrected chi connectivity index (χ0v) is 14.7. The largest absolute Gasteiger partial charge is 0.342 e. The number of nitrogens with zero attached hydrogens (tertiary/aromatic N) is 2. The first-order chi connectivity index (χ1) is 11.0. The van der Waals surface area contributed by atoms with Gasteiger partial charge < -0.3 is 10.2 Å². The number of unbranched alkanes of at least 4 members (excludes halogenated alkanes) is 1. The van der Waals surface area contributed by atoms with Crippen molar-refractivity contribution in [2.45, 2.75) is 19.8 Å².